The predicted octanol–water partition coefficient (Wildman–Crippen LogP) is 0.705. The van der Waals surface area contributed by atoms with E-state index in [-0.39, 0.29) is 0 Å². The van der Waals surface area contributed by atoms with Crippen LogP contribution in [0.4, 0.5) is 0 Å². The van der Waals surface area contributed by atoms with Crippen LogP contribution in [0.15, 0.2) is 0 Å². The highest BCUT2D eigenvalue weighted by molar-refractivity contribution is 7.80. The van der Waals surface area contributed by atoms with E-state index >= 15 is 0 Å². The molecule has 5 heteroatoms. The normalized spacial score (nSPS) is 10.8. The van der Waals surface area contributed by atoms with Gasteiger partial charge < -0.3 is 19.9 Å². The highest BCUT2D eigenvalue weighted by Crippen LogP contribution is 1.86. The van der Waals surface area contributed by atoms with Crippen LogP contribution in [0.1, 0.15) is 12.8 Å². The van der Waals surface area contributed by atoms with Crippen LogP contribution < -0.4 is 5.73 Å². The first-order valence-electron chi connectivity index (χ1n) is 5.46. The molecule has 0 unspecified atom stereocenters. The van der Waals surface area contributed by atoms with Gasteiger partial charge in [0.2, 0.25) is 0 Å². The molecule has 0 atom stereocenters. The summed E-state index contributed by atoms with van der Waals surface area (Å²) >= 11 is 4.08. The molecule has 0 radical (unpaired) electrons. The molecule has 0 aliphatic heterocycles. The zero-order valence-corrected chi connectivity index (χ0v) is 10.2. The second-order valence-corrected chi connectivity index (χ2v) is 3.50. The lowest BCUT2D eigenvalue weighted by atomic mass is 10.5. The van der Waals surface area contributed by atoms with Gasteiger partial charge in [-0.05, 0) is 25.1 Å². The molecule has 0 spiro atoms. The molecule has 0 bridgehead atoms. The molecule has 0 saturated heterocycles. The fraction of sp³-hybridized carbons (Fsp3) is 1.00. The average molecular weight is 237 g/mol. The Hall–Kier alpha value is 0.190. The second-order valence-electron chi connectivity index (χ2n) is 3.06. The van der Waals surface area contributed by atoms with Crippen molar-refractivity contribution < 1.29 is 14.2 Å². The summed E-state index contributed by atoms with van der Waals surface area (Å²) in [6.07, 6.45) is 1.90. The molecule has 4 nitrogen and oxygen atoms in total. The summed E-state index contributed by atoms with van der Waals surface area (Å²) in [5, 5.41) is 0. The summed E-state index contributed by atoms with van der Waals surface area (Å²) in [5.74, 6) is 0.871. The lowest BCUT2D eigenvalue weighted by molar-refractivity contribution is 0.0147. The number of rotatable bonds is 12. The third kappa shape index (κ3) is 14.2. The maximum atomic E-state index is 5.32. The molecule has 15 heavy (non-hydrogen) atoms. The first-order chi connectivity index (χ1) is 7.41. The summed E-state index contributed by atoms with van der Waals surface area (Å²) in [6, 6.07) is 0. The zero-order valence-electron chi connectivity index (χ0n) is 9.32. The third-order valence-electron chi connectivity index (χ3n) is 1.68. The summed E-state index contributed by atoms with van der Waals surface area (Å²) in [7, 11) is 0. The van der Waals surface area contributed by atoms with Crippen molar-refractivity contribution in [1.82, 2.24) is 0 Å². The van der Waals surface area contributed by atoms with Gasteiger partial charge in [0.1, 0.15) is 0 Å². The summed E-state index contributed by atoms with van der Waals surface area (Å²) in [4.78, 5) is 0. The Kier molecular flexibility index (Phi) is 14.4. The van der Waals surface area contributed by atoms with Crippen LogP contribution in [0, 0.1) is 0 Å². The predicted molar refractivity (Wildman–Crippen MR) is 64.6 cm³/mol. The Morgan fingerprint density at radius 3 is 1.67 bits per heavy atom. The van der Waals surface area contributed by atoms with Crippen molar-refractivity contribution in [3.63, 3.8) is 0 Å². The fourth-order valence-corrected chi connectivity index (χ4v) is 1.02. The standard InChI is InChI=1S/C10H23NO3S/c11-3-1-4-12-6-8-14-9-7-13-5-2-10-15/h15H,1-11H2. The molecular formula is C10H23NO3S. The van der Waals surface area contributed by atoms with Gasteiger partial charge in [0.15, 0.2) is 0 Å². The van der Waals surface area contributed by atoms with Crippen molar-refractivity contribution in [3.05, 3.63) is 0 Å². The van der Waals surface area contributed by atoms with E-state index in [4.69, 9.17) is 19.9 Å². The molecule has 0 rings (SSSR count). The zero-order chi connectivity index (χ0) is 11.2. The Balaban J connectivity index is 2.81. The molecular weight excluding hydrogens is 214 g/mol. The Morgan fingerprint density at radius 1 is 0.733 bits per heavy atom. The van der Waals surface area contributed by atoms with Crippen LogP contribution in [-0.2, 0) is 14.2 Å². The number of nitrogens with two attached hydrogens (primary N) is 1. The van der Waals surface area contributed by atoms with E-state index in [0.29, 0.717) is 33.0 Å². The van der Waals surface area contributed by atoms with E-state index in [1.165, 1.54) is 0 Å². The number of ether oxygens (including phenoxy) is 3. The lowest BCUT2D eigenvalue weighted by Crippen LogP contribution is -2.11. The smallest absolute Gasteiger partial charge is 0.0701 e. The molecule has 0 aromatic carbocycles. The van der Waals surface area contributed by atoms with Gasteiger partial charge in [-0.15, -0.1) is 0 Å². The molecule has 0 aliphatic carbocycles. The number of hydrogen-bond acceptors (Lipinski definition) is 5. The van der Waals surface area contributed by atoms with Crippen molar-refractivity contribution >= 4 is 12.6 Å². The van der Waals surface area contributed by atoms with Crippen molar-refractivity contribution in [1.29, 1.82) is 0 Å². The molecule has 0 saturated carbocycles. The topological polar surface area (TPSA) is 53.7 Å². The van der Waals surface area contributed by atoms with Gasteiger partial charge in [0, 0.05) is 13.2 Å². The van der Waals surface area contributed by atoms with Gasteiger partial charge in [-0.3, -0.25) is 0 Å². The minimum Gasteiger partial charge on any atom is -0.379 e. The molecule has 2 N–H and O–H groups in total. The summed E-state index contributed by atoms with van der Waals surface area (Å²) in [5.41, 5.74) is 5.32. The maximum Gasteiger partial charge on any atom is 0.0701 e. The quantitative estimate of drug-likeness (QED) is 0.388. The lowest BCUT2D eigenvalue weighted by Gasteiger charge is -2.05. The van der Waals surface area contributed by atoms with Crippen LogP contribution >= 0.6 is 12.6 Å². The molecule has 0 fully saturated rings. The molecule has 92 valence electrons. The monoisotopic (exact) mass is 237 g/mol. The molecule has 0 amide bonds. The van der Waals surface area contributed by atoms with E-state index in [0.717, 1.165) is 31.8 Å². The largest absolute Gasteiger partial charge is 0.379 e. The second kappa shape index (κ2) is 14.2. The third-order valence-corrected chi connectivity index (χ3v) is 2.00. The van der Waals surface area contributed by atoms with Crippen molar-refractivity contribution in [3.8, 4) is 0 Å². The van der Waals surface area contributed by atoms with Gasteiger partial charge in [0.25, 0.3) is 0 Å². The van der Waals surface area contributed by atoms with Gasteiger partial charge in [-0.25, -0.2) is 0 Å². The van der Waals surface area contributed by atoms with E-state index in [9.17, 15) is 0 Å². The van der Waals surface area contributed by atoms with Gasteiger partial charge in [0.05, 0.1) is 26.4 Å². The summed E-state index contributed by atoms with van der Waals surface area (Å²) in [6.45, 7) is 4.71. The first-order valence-corrected chi connectivity index (χ1v) is 6.09. The van der Waals surface area contributed by atoms with Crippen LogP contribution in [0.5, 0.6) is 0 Å². The fourth-order valence-electron chi connectivity index (χ4n) is 0.894. The summed E-state index contributed by atoms with van der Waals surface area (Å²) < 4.78 is 15.8. The van der Waals surface area contributed by atoms with Crippen LogP contribution in [0.3, 0.4) is 0 Å². The molecule has 0 aromatic rings. The minimum absolute atomic E-state index is 0.625. The Bertz CT molecular complexity index is 105. The highest BCUT2D eigenvalue weighted by atomic mass is 32.1. The van der Waals surface area contributed by atoms with Gasteiger partial charge in [-0.2, -0.15) is 12.6 Å². The van der Waals surface area contributed by atoms with E-state index in [1.807, 2.05) is 0 Å². The van der Waals surface area contributed by atoms with Crippen LogP contribution in [0.2, 0.25) is 0 Å². The van der Waals surface area contributed by atoms with Crippen molar-refractivity contribution in [2.45, 2.75) is 12.8 Å². The highest BCUT2D eigenvalue weighted by Gasteiger charge is 1.91. The Morgan fingerprint density at radius 2 is 1.20 bits per heavy atom. The van der Waals surface area contributed by atoms with Crippen LogP contribution in [-0.4, -0.2) is 51.9 Å². The average Bonchev–Trinajstić information content (AvgIpc) is 2.26. The maximum absolute atomic E-state index is 5.32. The number of hydrogen-bond donors (Lipinski definition) is 2. The van der Waals surface area contributed by atoms with Gasteiger partial charge >= 0.3 is 0 Å². The SMILES string of the molecule is NCCCOCCOCCOCCCS. The first kappa shape index (κ1) is 15.2. The van der Waals surface area contributed by atoms with E-state index in [1.54, 1.807) is 0 Å². The molecule has 0 heterocycles. The minimum atomic E-state index is 0.625. The van der Waals surface area contributed by atoms with Crippen LogP contribution in [0.25, 0.3) is 0 Å². The van der Waals surface area contributed by atoms with E-state index in [2.05, 4.69) is 12.6 Å². The van der Waals surface area contributed by atoms with E-state index < -0.39 is 0 Å². The molecule has 0 aromatic heterocycles. The van der Waals surface area contributed by atoms with Gasteiger partial charge in [-0.1, -0.05) is 0 Å². The molecule has 0 aliphatic rings. The Labute approximate surface area is 97.9 Å². The van der Waals surface area contributed by atoms with Crippen molar-refractivity contribution in [2.24, 2.45) is 5.73 Å². The van der Waals surface area contributed by atoms with Crippen molar-refractivity contribution in [2.75, 3.05) is 51.9 Å². The number of thiol groups is 1.